The predicted octanol–water partition coefficient (Wildman–Crippen LogP) is 1.58. The molecule has 0 atom stereocenters. The van der Waals surface area contributed by atoms with Gasteiger partial charge in [0.2, 0.25) is 0 Å². The van der Waals surface area contributed by atoms with Gasteiger partial charge in [-0.2, -0.15) is 0 Å². The van der Waals surface area contributed by atoms with Crippen LogP contribution in [0.3, 0.4) is 0 Å². The first-order chi connectivity index (χ1) is 11.0. The number of aromatic nitrogens is 3. The third kappa shape index (κ3) is 2.49. The minimum atomic E-state index is -1.32. The van der Waals surface area contributed by atoms with Crippen LogP contribution in [0.5, 0.6) is 0 Å². The van der Waals surface area contributed by atoms with Crippen molar-refractivity contribution in [1.82, 2.24) is 14.6 Å². The number of rotatable bonds is 4. The molecule has 0 radical (unpaired) electrons. The van der Waals surface area contributed by atoms with Crippen LogP contribution in [-0.2, 0) is 6.42 Å². The van der Waals surface area contributed by atoms with Crippen molar-refractivity contribution in [1.29, 1.82) is 0 Å². The lowest BCUT2D eigenvalue weighted by atomic mass is 10.1. The van der Waals surface area contributed by atoms with E-state index in [0.717, 1.165) is 4.52 Å². The molecule has 1 aromatic carbocycles. The second kappa shape index (κ2) is 5.86. The summed E-state index contributed by atoms with van der Waals surface area (Å²) in [5.41, 5.74) is 0.348. The second-order valence-corrected chi connectivity index (χ2v) is 5.26. The number of H-pyrrole nitrogens is 1. The molecular weight excluding hydrogens is 322 g/mol. The van der Waals surface area contributed by atoms with Crippen LogP contribution in [0.25, 0.3) is 16.8 Å². The fourth-order valence-corrected chi connectivity index (χ4v) is 2.68. The van der Waals surface area contributed by atoms with Crippen LogP contribution in [0.2, 0.25) is 5.02 Å². The highest BCUT2D eigenvalue weighted by Crippen LogP contribution is 2.29. The number of aromatic carboxylic acids is 1. The molecule has 0 saturated heterocycles. The summed E-state index contributed by atoms with van der Waals surface area (Å²) in [6.45, 7) is -0.346. The van der Waals surface area contributed by atoms with Gasteiger partial charge >= 0.3 is 5.97 Å². The van der Waals surface area contributed by atoms with Gasteiger partial charge in [0.15, 0.2) is 11.3 Å². The second-order valence-electron chi connectivity index (χ2n) is 4.85. The Kier molecular flexibility index (Phi) is 3.89. The third-order valence-corrected chi connectivity index (χ3v) is 3.81. The molecule has 0 aliphatic rings. The Balaban J connectivity index is 2.35. The van der Waals surface area contributed by atoms with Crippen LogP contribution < -0.4 is 5.56 Å². The van der Waals surface area contributed by atoms with E-state index in [-0.39, 0.29) is 29.9 Å². The lowest BCUT2D eigenvalue weighted by Crippen LogP contribution is -2.25. The number of hydrogen-bond acceptors (Lipinski definition) is 4. The number of aromatic amines is 1. The number of carboxylic acids is 1. The molecule has 118 valence electrons. The average Bonchev–Trinajstić information content (AvgIpc) is 2.94. The molecule has 3 aromatic rings. The van der Waals surface area contributed by atoms with E-state index in [1.165, 1.54) is 0 Å². The molecule has 0 bridgehead atoms. The average molecular weight is 334 g/mol. The normalized spacial score (nSPS) is 11.0. The zero-order valence-electron chi connectivity index (χ0n) is 11.8. The van der Waals surface area contributed by atoms with E-state index in [2.05, 4.69) is 10.1 Å². The first kappa shape index (κ1) is 15.3. The maximum Gasteiger partial charge on any atom is 0.355 e. The summed E-state index contributed by atoms with van der Waals surface area (Å²) in [6.07, 6.45) is 1.45. The highest BCUT2D eigenvalue weighted by atomic mass is 35.5. The Morgan fingerprint density at radius 2 is 2.04 bits per heavy atom. The molecule has 2 heterocycles. The maximum absolute atomic E-state index is 12.5. The number of nitrogens with zero attached hydrogens (tertiary/aromatic N) is 2. The number of aliphatic hydroxyl groups is 1. The fourth-order valence-electron chi connectivity index (χ4n) is 2.44. The molecular formula is C15H12ClN3O4. The Labute approximate surface area is 134 Å². The van der Waals surface area contributed by atoms with Crippen LogP contribution in [0.15, 0.2) is 35.3 Å². The molecule has 0 spiro atoms. The van der Waals surface area contributed by atoms with Crippen molar-refractivity contribution in [2.75, 3.05) is 6.61 Å². The van der Waals surface area contributed by atoms with Gasteiger partial charge in [-0.05, 0) is 6.07 Å². The summed E-state index contributed by atoms with van der Waals surface area (Å²) < 4.78 is 1.15. The largest absolute Gasteiger partial charge is 0.476 e. The molecule has 23 heavy (non-hydrogen) atoms. The quantitative estimate of drug-likeness (QED) is 0.671. The highest BCUT2D eigenvalue weighted by molar-refractivity contribution is 6.33. The molecule has 3 rings (SSSR count). The molecule has 0 aliphatic carbocycles. The summed E-state index contributed by atoms with van der Waals surface area (Å²) in [5, 5.41) is 21.6. The van der Waals surface area contributed by atoms with Gasteiger partial charge in [0, 0.05) is 35.4 Å². The smallest absolute Gasteiger partial charge is 0.355 e. The van der Waals surface area contributed by atoms with Gasteiger partial charge in [0.05, 0.1) is 5.56 Å². The van der Waals surface area contributed by atoms with E-state index in [9.17, 15) is 14.7 Å². The van der Waals surface area contributed by atoms with Crippen LogP contribution in [0.1, 0.15) is 16.1 Å². The number of nitrogens with one attached hydrogen (secondary N) is 1. The van der Waals surface area contributed by atoms with Gasteiger partial charge in [-0.1, -0.05) is 29.8 Å². The van der Waals surface area contributed by atoms with Crippen molar-refractivity contribution < 1.29 is 15.0 Å². The van der Waals surface area contributed by atoms with E-state index in [4.69, 9.17) is 16.7 Å². The van der Waals surface area contributed by atoms with Gasteiger partial charge in [0.25, 0.3) is 5.56 Å². The van der Waals surface area contributed by atoms with Gasteiger partial charge in [0.1, 0.15) is 0 Å². The van der Waals surface area contributed by atoms with Crippen molar-refractivity contribution in [3.63, 3.8) is 0 Å². The first-order valence-electron chi connectivity index (χ1n) is 6.76. The monoisotopic (exact) mass is 333 g/mol. The molecule has 7 nitrogen and oxygen atoms in total. The van der Waals surface area contributed by atoms with Gasteiger partial charge < -0.3 is 10.2 Å². The Hall–Kier alpha value is -2.64. The molecule has 8 heteroatoms. The molecule has 0 amide bonds. The summed E-state index contributed by atoms with van der Waals surface area (Å²) in [6, 6.07) is 6.99. The summed E-state index contributed by atoms with van der Waals surface area (Å²) in [4.78, 5) is 28.0. The minimum absolute atomic E-state index is 0.0509. The Morgan fingerprint density at radius 1 is 1.30 bits per heavy atom. The molecule has 0 aliphatic heterocycles. The van der Waals surface area contributed by atoms with E-state index in [0.29, 0.717) is 16.1 Å². The fraction of sp³-hybridized carbons (Fsp3) is 0.133. The zero-order valence-corrected chi connectivity index (χ0v) is 12.5. The summed E-state index contributed by atoms with van der Waals surface area (Å²) >= 11 is 6.16. The van der Waals surface area contributed by atoms with E-state index in [1.54, 1.807) is 30.5 Å². The lowest BCUT2D eigenvalue weighted by molar-refractivity contribution is 0.0689. The van der Waals surface area contributed by atoms with Crippen molar-refractivity contribution in [2.24, 2.45) is 0 Å². The number of carbonyl (C=O) groups is 1. The topological polar surface area (TPSA) is 108 Å². The molecule has 2 aromatic heterocycles. The van der Waals surface area contributed by atoms with E-state index >= 15 is 0 Å². The number of hydrogen-bond donors (Lipinski definition) is 3. The third-order valence-electron chi connectivity index (χ3n) is 3.48. The van der Waals surface area contributed by atoms with Crippen LogP contribution in [0, 0.1) is 0 Å². The number of aliphatic hydroxyl groups excluding tert-OH is 1. The van der Waals surface area contributed by atoms with E-state index in [1.807, 2.05) is 0 Å². The van der Waals surface area contributed by atoms with Gasteiger partial charge in [-0.3, -0.25) is 9.89 Å². The van der Waals surface area contributed by atoms with Gasteiger partial charge in [-0.15, -0.1) is 0 Å². The molecule has 3 N–H and O–H groups in total. The SMILES string of the molecule is O=C(O)c1nc2c(-c3ccccc3Cl)c[nH]n2c(=O)c1CCO. The van der Waals surface area contributed by atoms with Crippen LogP contribution >= 0.6 is 11.6 Å². The maximum atomic E-state index is 12.5. The number of benzene rings is 1. The highest BCUT2D eigenvalue weighted by Gasteiger charge is 2.21. The zero-order chi connectivity index (χ0) is 16.6. The molecule has 0 saturated carbocycles. The minimum Gasteiger partial charge on any atom is -0.476 e. The van der Waals surface area contributed by atoms with Crippen molar-refractivity contribution >= 4 is 23.2 Å². The van der Waals surface area contributed by atoms with Crippen molar-refractivity contribution in [2.45, 2.75) is 6.42 Å². The lowest BCUT2D eigenvalue weighted by Gasteiger charge is -2.06. The molecule has 0 fully saturated rings. The predicted molar refractivity (Wildman–Crippen MR) is 84.0 cm³/mol. The number of carboxylic acid groups (broad SMARTS) is 1. The Morgan fingerprint density at radius 3 is 2.70 bits per heavy atom. The molecule has 0 unspecified atom stereocenters. The number of halogens is 1. The van der Waals surface area contributed by atoms with Crippen LogP contribution in [-0.4, -0.2) is 37.4 Å². The Bertz CT molecular complexity index is 961. The van der Waals surface area contributed by atoms with Gasteiger partial charge in [-0.25, -0.2) is 14.3 Å². The van der Waals surface area contributed by atoms with Crippen LogP contribution in [0.4, 0.5) is 0 Å². The van der Waals surface area contributed by atoms with Crippen molar-refractivity contribution in [3.05, 3.63) is 57.1 Å². The standard InChI is InChI=1S/C15H12ClN3O4/c16-11-4-2-1-3-8(11)10-7-17-19-13(10)18-12(15(22)23)9(5-6-20)14(19)21/h1-4,7,17,20H,5-6H2,(H,22,23). The van der Waals surface area contributed by atoms with E-state index < -0.39 is 11.5 Å². The summed E-state index contributed by atoms with van der Waals surface area (Å²) in [5.74, 6) is -1.32. The summed E-state index contributed by atoms with van der Waals surface area (Å²) in [7, 11) is 0. The number of fused-ring (bicyclic) bond motifs is 1. The first-order valence-corrected chi connectivity index (χ1v) is 7.14. The van der Waals surface area contributed by atoms with Crippen molar-refractivity contribution in [3.8, 4) is 11.1 Å².